The molecule has 5 unspecified atom stereocenters. The van der Waals surface area contributed by atoms with Gasteiger partial charge < -0.3 is 10.2 Å². The fourth-order valence-electron chi connectivity index (χ4n) is 8.93. The van der Waals surface area contributed by atoms with E-state index in [1.165, 1.54) is 68.1 Å². The van der Waals surface area contributed by atoms with Gasteiger partial charge >= 0.3 is 0 Å². The summed E-state index contributed by atoms with van der Waals surface area (Å²) >= 11 is 0. The van der Waals surface area contributed by atoms with Crippen LogP contribution in [0.15, 0.2) is 60.4 Å². The number of hydrogen-bond donors (Lipinski definition) is 2. The van der Waals surface area contributed by atoms with E-state index in [0.717, 1.165) is 52.8 Å². The summed E-state index contributed by atoms with van der Waals surface area (Å²) in [6.07, 6.45) is 14.0. The van der Waals surface area contributed by atoms with Crippen LogP contribution >= 0.6 is 0 Å². The van der Waals surface area contributed by atoms with Crippen LogP contribution in [-0.2, 0) is 11.2 Å². The quantitative estimate of drug-likeness (QED) is 0.332. The topological polar surface area (TPSA) is 57.5 Å². The second-order valence-electron chi connectivity index (χ2n) is 13.2. The molecule has 0 aromatic heterocycles. The number of hydrogen-bond acceptors (Lipinski definition) is 3. The highest BCUT2D eigenvalue weighted by molar-refractivity contribution is 6.23. The van der Waals surface area contributed by atoms with E-state index < -0.39 is 0 Å². The number of carbonyl (C=O) groups is 1. The summed E-state index contributed by atoms with van der Waals surface area (Å²) in [6, 6.07) is 19.9. The van der Waals surface area contributed by atoms with Crippen LogP contribution in [0, 0.1) is 23.7 Å². The first kappa shape index (κ1) is 26.0. The van der Waals surface area contributed by atoms with Gasteiger partial charge in [0.2, 0.25) is 0 Å². The Kier molecular flexibility index (Phi) is 7.04. The average Bonchev–Trinajstić information content (AvgIpc) is 3.12. The zero-order valence-corrected chi connectivity index (χ0v) is 23.6. The van der Waals surface area contributed by atoms with Crippen molar-refractivity contribution in [2.75, 3.05) is 6.61 Å². The van der Waals surface area contributed by atoms with Crippen molar-refractivity contribution in [1.82, 2.24) is 0 Å². The molecule has 0 aliphatic heterocycles. The molecule has 3 saturated carbocycles. The zero-order chi connectivity index (χ0) is 27.2. The lowest BCUT2D eigenvalue weighted by molar-refractivity contribution is -0.113. The van der Waals surface area contributed by atoms with E-state index in [-0.39, 0.29) is 18.1 Å². The van der Waals surface area contributed by atoms with Crippen LogP contribution < -0.4 is 0 Å². The molecule has 3 heteroatoms. The van der Waals surface area contributed by atoms with Gasteiger partial charge in [0.1, 0.15) is 5.76 Å². The molecule has 5 atom stereocenters. The number of Topliss-reactive ketones (excluding diaryl/α,β-unsaturated/α-hetero) is 1. The van der Waals surface area contributed by atoms with Crippen molar-refractivity contribution >= 4 is 22.1 Å². The number of fused-ring (bicyclic) bond motifs is 3. The molecule has 0 saturated heterocycles. The summed E-state index contributed by atoms with van der Waals surface area (Å²) in [7, 11) is 0. The minimum absolute atomic E-state index is 0.0360. The molecule has 4 aliphatic carbocycles. The first-order valence-electron chi connectivity index (χ1n) is 15.8. The van der Waals surface area contributed by atoms with Gasteiger partial charge in [0.05, 0.1) is 5.57 Å². The third-order valence-electron chi connectivity index (χ3n) is 10.9. The third-order valence-corrected chi connectivity index (χ3v) is 10.9. The van der Waals surface area contributed by atoms with Gasteiger partial charge in [-0.25, -0.2) is 0 Å². The van der Waals surface area contributed by atoms with Crippen molar-refractivity contribution in [2.24, 2.45) is 23.7 Å². The lowest BCUT2D eigenvalue weighted by Gasteiger charge is -2.38. The lowest BCUT2D eigenvalue weighted by atomic mass is 9.67. The summed E-state index contributed by atoms with van der Waals surface area (Å²) in [5.41, 5.74) is 6.81. The van der Waals surface area contributed by atoms with Gasteiger partial charge in [-0.3, -0.25) is 4.79 Å². The van der Waals surface area contributed by atoms with Crippen LogP contribution in [0.5, 0.6) is 0 Å². The molecular formula is C37H42O3. The number of aryl methyl sites for hydroxylation is 1. The third kappa shape index (κ3) is 4.81. The first-order valence-corrected chi connectivity index (χ1v) is 15.8. The fourth-order valence-corrected chi connectivity index (χ4v) is 8.93. The van der Waals surface area contributed by atoms with Crippen molar-refractivity contribution in [3.05, 3.63) is 77.0 Å². The maximum absolute atomic E-state index is 12.3. The number of benzene rings is 3. The van der Waals surface area contributed by atoms with Gasteiger partial charge in [-0.2, -0.15) is 0 Å². The minimum Gasteiger partial charge on any atom is -0.512 e. The summed E-state index contributed by atoms with van der Waals surface area (Å²) in [5, 5.41) is 22.1. The molecule has 0 heterocycles. The second kappa shape index (κ2) is 10.8. The Bertz CT molecular complexity index is 1470. The Balaban J connectivity index is 1.25. The Morgan fingerprint density at radius 1 is 0.725 bits per heavy atom. The van der Waals surface area contributed by atoms with Crippen LogP contribution in [0.2, 0.25) is 0 Å². The number of ketones is 1. The molecule has 3 nitrogen and oxygen atoms in total. The molecule has 0 spiro atoms. The average molecular weight is 535 g/mol. The maximum atomic E-state index is 12.3. The van der Waals surface area contributed by atoms with E-state index in [1.54, 1.807) is 5.56 Å². The van der Waals surface area contributed by atoms with Crippen LogP contribution in [0.4, 0.5) is 0 Å². The Morgan fingerprint density at radius 2 is 1.48 bits per heavy atom. The summed E-state index contributed by atoms with van der Waals surface area (Å²) < 4.78 is 0. The zero-order valence-electron chi connectivity index (χ0n) is 23.6. The number of allylic oxidation sites excluding steroid dienone is 2. The first-order chi connectivity index (χ1) is 19.6. The molecule has 0 amide bonds. The molecule has 0 radical (unpaired) electrons. The monoisotopic (exact) mass is 534 g/mol. The number of carbonyl (C=O) groups excluding carboxylic acids is 1. The van der Waals surface area contributed by atoms with Gasteiger partial charge in [0, 0.05) is 19.4 Å². The Hall–Kier alpha value is -2.91. The molecule has 2 N–H and O–H groups in total. The Morgan fingerprint density at radius 3 is 2.27 bits per heavy atom. The second-order valence-corrected chi connectivity index (χ2v) is 13.2. The normalized spacial score (nSPS) is 28.2. The molecule has 3 aromatic rings. The van der Waals surface area contributed by atoms with E-state index in [1.807, 2.05) is 12.1 Å². The molecule has 3 bridgehead atoms. The van der Waals surface area contributed by atoms with Crippen LogP contribution in [-0.4, -0.2) is 22.6 Å². The molecule has 208 valence electrons. The highest BCUT2D eigenvalue weighted by atomic mass is 16.3. The standard InChI is InChI=1S/C37H42O3/c38-16-2-5-25-7-8-29(22-34(25)33-18-23-3-1-4-24-6-12-30(33)21-32(24)17-23)27-9-10-28-20-31(13-11-26(28)19-27)37-35(39)14-15-36(37)40/h7-11,13,19-20,22-24,30,32-33,38-39H,1-6,12,14-18,21H2. The largest absolute Gasteiger partial charge is 0.512 e. The van der Waals surface area contributed by atoms with Gasteiger partial charge in [0.25, 0.3) is 0 Å². The van der Waals surface area contributed by atoms with E-state index in [4.69, 9.17) is 0 Å². The molecular weight excluding hydrogens is 492 g/mol. The molecule has 3 fully saturated rings. The highest BCUT2D eigenvalue weighted by Crippen LogP contribution is 2.54. The highest BCUT2D eigenvalue weighted by Gasteiger charge is 2.41. The molecule has 7 rings (SSSR count). The van der Waals surface area contributed by atoms with E-state index in [9.17, 15) is 15.0 Å². The van der Waals surface area contributed by atoms with Crippen LogP contribution in [0.1, 0.15) is 93.2 Å². The smallest absolute Gasteiger partial charge is 0.167 e. The summed E-state index contributed by atoms with van der Waals surface area (Å²) in [5.74, 6) is 4.49. The SMILES string of the molecule is O=C1CCC(O)=C1c1ccc2cc(-c3ccc(CCCO)c(C4CC5CCCC6CCC4CC6C5)c3)ccc2c1. The summed E-state index contributed by atoms with van der Waals surface area (Å²) in [6.45, 7) is 0.245. The van der Waals surface area contributed by atoms with Gasteiger partial charge in [-0.1, -0.05) is 61.7 Å². The van der Waals surface area contributed by atoms with E-state index in [0.29, 0.717) is 24.3 Å². The van der Waals surface area contributed by atoms with Crippen LogP contribution in [0.3, 0.4) is 0 Å². The van der Waals surface area contributed by atoms with Crippen LogP contribution in [0.25, 0.3) is 27.5 Å². The number of rotatable bonds is 6. The van der Waals surface area contributed by atoms with Crippen molar-refractivity contribution < 1.29 is 15.0 Å². The number of aliphatic hydroxyl groups excluding tert-OH is 2. The van der Waals surface area contributed by atoms with Crippen molar-refractivity contribution in [3.63, 3.8) is 0 Å². The van der Waals surface area contributed by atoms with Gasteiger partial charge in [0.15, 0.2) is 5.78 Å². The Labute approximate surface area is 238 Å². The predicted octanol–water partition coefficient (Wildman–Crippen LogP) is 8.77. The van der Waals surface area contributed by atoms with E-state index in [2.05, 4.69) is 42.5 Å². The number of aliphatic hydroxyl groups is 2. The fraction of sp³-hybridized carbons (Fsp3) is 0.486. The van der Waals surface area contributed by atoms with E-state index >= 15 is 0 Å². The minimum atomic E-state index is 0.0360. The predicted molar refractivity (Wildman–Crippen MR) is 162 cm³/mol. The maximum Gasteiger partial charge on any atom is 0.167 e. The van der Waals surface area contributed by atoms with Crippen molar-refractivity contribution in [3.8, 4) is 11.1 Å². The molecule has 4 aliphatic rings. The van der Waals surface area contributed by atoms with Gasteiger partial charge in [-0.05, 0) is 125 Å². The molecule has 40 heavy (non-hydrogen) atoms. The van der Waals surface area contributed by atoms with Gasteiger partial charge in [-0.15, -0.1) is 0 Å². The van der Waals surface area contributed by atoms with Crippen molar-refractivity contribution in [2.45, 2.75) is 83.0 Å². The lowest BCUT2D eigenvalue weighted by Crippen LogP contribution is -2.26. The van der Waals surface area contributed by atoms with Crippen molar-refractivity contribution in [1.29, 1.82) is 0 Å². The summed E-state index contributed by atoms with van der Waals surface area (Å²) in [4.78, 5) is 12.3. The molecule has 3 aromatic carbocycles.